The first kappa shape index (κ1) is 7.95. The molecule has 0 spiro atoms. The monoisotopic (exact) mass is 174 g/mol. The van der Waals surface area contributed by atoms with Crippen LogP contribution in [0, 0.1) is 0 Å². The smallest absolute Gasteiger partial charge is 0.265 e. The van der Waals surface area contributed by atoms with Crippen molar-refractivity contribution < 1.29 is 0 Å². The van der Waals surface area contributed by atoms with Crippen LogP contribution in [0.25, 0.3) is 0 Å². The summed E-state index contributed by atoms with van der Waals surface area (Å²) in [6.45, 7) is 4.19. The summed E-state index contributed by atoms with van der Waals surface area (Å²) in [5.41, 5.74) is 0. The van der Waals surface area contributed by atoms with Gasteiger partial charge in [-0.1, -0.05) is 36.5 Å². The molecule has 0 aliphatic heterocycles. The van der Waals surface area contributed by atoms with Gasteiger partial charge in [-0.2, -0.15) is 0 Å². The Labute approximate surface area is 68.3 Å². The highest BCUT2D eigenvalue weighted by atomic mass is 32.2. The zero-order valence-corrected chi connectivity index (χ0v) is 7.77. The molecule has 10 heavy (non-hydrogen) atoms. The van der Waals surface area contributed by atoms with E-state index in [1.165, 1.54) is 32.4 Å². The molecule has 0 N–H and O–H groups in total. The Morgan fingerprint density at radius 1 is 1.10 bits per heavy atom. The summed E-state index contributed by atoms with van der Waals surface area (Å²) in [7, 11) is 0. The summed E-state index contributed by atoms with van der Waals surface area (Å²) in [5, 5.41) is 0. The van der Waals surface area contributed by atoms with Crippen molar-refractivity contribution in [3.63, 3.8) is 0 Å². The maximum absolute atomic E-state index is 10.9. The van der Waals surface area contributed by atoms with E-state index < -0.39 is 0 Å². The second kappa shape index (κ2) is 3.30. The molecule has 0 unspecified atom stereocenters. The quantitative estimate of drug-likeness (QED) is 0.672. The normalized spacial score (nSPS) is 10.2. The predicted octanol–water partition coefficient (Wildman–Crippen LogP) is 2.29. The van der Waals surface area contributed by atoms with Gasteiger partial charge in [0.2, 0.25) is 0 Å². The van der Waals surface area contributed by atoms with Crippen molar-refractivity contribution in [1.82, 2.24) is 0 Å². The van der Waals surface area contributed by atoms with E-state index in [0.29, 0.717) is 0 Å². The van der Waals surface area contributed by atoms with Crippen LogP contribution in [0.3, 0.4) is 0 Å². The van der Waals surface area contributed by atoms with E-state index in [-0.39, 0.29) is 4.06 Å². The molecule has 0 saturated carbocycles. The fourth-order valence-electron chi connectivity index (χ4n) is 0.875. The number of rotatable bonds is 2. The van der Waals surface area contributed by atoms with Crippen molar-refractivity contribution in [3.8, 4) is 0 Å². The van der Waals surface area contributed by atoms with Gasteiger partial charge in [0.15, 0.2) is 0 Å². The maximum Gasteiger partial charge on any atom is 0.287 e. The zero-order chi connectivity index (χ0) is 7.56. The van der Waals surface area contributed by atoms with Crippen LogP contribution in [0.2, 0.25) is 0 Å². The van der Waals surface area contributed by atoms with Crippen LogP contribution in [0.15, 0.2) is 4.79 Å². The highest BCUT2D eigenvalue weighted by Crippen LogP contribution is 2.17. The van der Waals surface area contributed by atoms with Gasteiger partial charge >= 0.3 is 0 Å². The van der Waals surface area contributed by atoms with Gasteiger partial charge in [0.25, 0.3) is 4.06 Å². The van der Waals surface area contributed by atoms with E-state index in [4.69, 9.17) is 0 Å². The Morgan fingerprint density at radius 2 is 1.50 bits per heavy atom. The van der Waals surface area contributed by atoms with Gasteiger partial charge < -0.3 is 0 Å². The first-order valence-electron chi connectivity index (χ1n) is 3.39. The Bertz CT molecular complexity index is 234. The molecule has 1 rings (SSSR count). The Morgan fingerprint density at radius 3 is 1.80 bits per heavy atom. The van der Waals surface area contributed by atoms with Gasteiger partial charge in [0.1, 0.15) is 0 Å². The largest absolute Gasteiger partial charge is 0.287 e. The summed E-state index contributed by atoms with van der Waals surface area (Å²) >= 11 is 2.80. The SMILES string of the molecule is CCc1sc(=O)sc1CC. The summed E-state index contributed by atoms with van der Waals surface area (Å²) < 4.78 is 0.244. The van der Waals surface area contributed by atoms with Crippen LogP contribution in [0.4, 0.5) is 0 Å². The molecule has 0 radical (unpaired) electrons. The van der Waals surface area contributed by atoms with Crippen molar-refractivity contribution in [3.05, 3.63) is 18.6 Å². The summed E-state index contributed by atoms with van der Waals surface area (Å²) in [6, 6.07) is 0. The average molecular weight is 174 g/mol. The van der Waals surface area contributed by atoms with Gasteiger partial charge in [-0.25, -0.2) is 0 Å². The topological polar surface area (TPSA) is 17.1 Å². The van der Waals surface area contributed by atoms with E-state index >= 15 is 0 Å². The molecule has 0 amide bonds. The molecule has 0 bridgehead atoms. The summed E-state index contributed by atoms with van der Waals surface area (Å²) in [4.78, 5) is 13.4. The summed E-state index contributed by atoms with van der Waals surface area (Å²) in [6.07, 6.45) is 2.01. The highest BCUT2D eigenvalue weighted by Gasteiger charge is 2.03. The van der Waals surface area contributed by atoms with E-state index in [9.17, 15) is 4.79 Å². The van der Waals surface area contributed by atoms with E-state index in [1.54, 1.807) is 0 Å². The minimum absolute atomic E-state index is 0.244. The lowest BCUT2D eigenvalue weighted by Gasteiger charge is -1.90. The van der Waals surface area contributed by atoms with Gasteiger partial charge in [-0.05, 0) is 12.8 Å². The van der Waals surface area contributed by atoms with E-state index in [1.807, 2.05) is 0 Å². The number of hydrogen-bond donors (Lipinski definition) is 0. The standard InChI is InChI=1S/C7H10OS2/c1-3-5-6(4-2)10-7(8)9-5/h3-4H2,1-2H3. The van der Waals surface area contributed by atoms with Crippen molar-refractivity contribution in [2.24, 2.45) is 0 Å². The van der Waals surface area contributed by atoms with E-state index in [0.717, 1.165) is 12.8 Å². The first-order valence-corrected chi connectivity index (χ1v) is 5.02. The first-order chi connectivity index (χ1) is 4.77. The minimum Gasteiger partial charge on any atom is -0.265 e. The molecule has 56 valence electrons. The van der Waals surface area contributed by atoms with Crippen LogP contribution in [0.5, 0.6) is 0 Å². The number of hydrogen-bond acceptors (Lipinski definition) is 3. The lowest BCUT2D eigenvalue weighted by atomic mass is 10.3. The van der Waals surface area contributed by atoms with Gasteiger partial charge in [-0.15, -0.1) is 0 Å². The minimum atomic E-state index is 0.244. The molecular weight excluding hydrogens is 164 g/mol. The fraction of sp³-hybridized carbons (Fsp3) is 0.571. The Hall–Kier alpha value is -0.150. The summed E-state index contributed by atoms with van der Waals surface area (Å²) in [5.74, 6) is 0. The Balaban J connectivity index is 3.08. The van der Waals surface area contributed by atoms with Crippen LogP contribution >= 0.6 is 22.7 Å². The molecule has 0 fully saturated rings. The molecule has 0 aliphatic carbocycles. The number of aryl methyl sites for hydroxylation is 2. The molecule has 3 heteroatoms. The zero-order valence-electron chi connectivity index (χ0n) is 6.14. The highest BCUT2D eigenvalue weighted by molar-refractivity contribution is 7.27. The molecule has 0 atom stereocenters. The van der Waals surface area contributed by atoms with Gasteiger partial charge in [0.05, 0.1) is 0 Å². The lowest BCUT2D eigenvalue weighted by molar-refractivity contribution is 1.10. The molecule has 0 aromatic carbocycles. The van der Waals surface area contributed by atoms with Crippen LogP contribution in [-0.2, 0) is 12.8 Å². The second-order valence-corrected chi connectivity index (χ2v) is 4.40. The Kier molecular flexibility index (Phi) is 2.63. The third kappa shape index (κ3) is 1.47. The third-order valence-electron chi connectivity index (χ3n) is 1.37. The fourth-order valence-corrected chi connectivity index (χ4v) is 3.10. The van der Waals surface area contributed by atoms with Crippen molar-refractivity contribution in [1.29, 1.82) is 0 Å². The second-order valence-electron chi connectivity index (χ2n) is 2.01. The molecule has 1 aromatic heterocycles. The van der Waals surface area contributed by atoms with Crippen molar-refractivity contribution in [2.45, 2.75) is 26.7 Å². The molecule has 0 saturated heterocycles. The van der Waals surface area contributed by atoms with Crippen molar-refractivity contribution >= 4 is 22.7 Å². The average Bonchev–Trinajstić information content (AvgIpc) is 2.30. The van der Waals surface area contributed by atoms with Gasteiger partial charge in [-0.3, -0.25) is 4.79 Å². The predicted molar refractivity (Wildman–Crippen MR) is 47.2 cm³/mol. The molecular formula is C7H10OS2. The maximum atomic E-state index is 10.9. The molecule has 1 aromatic rings. The molecule has 1 nitrogen and oxygen atoms in total. The lowest BCUT2D eigenvalue weighted by Crippen LogP contribution is -1.78. The molecule has 0 aliphatic rings. The van der Waals surface area contributed by atoms with Crippen LogP contribution < -0.4 is 4.06 Å². The third-order valence-corrected chi connectivity index (χ3v) is 3.89. The van der Waals surface area contributed by atoms with Gasteiger partial charge in [0, 0.05) is 9.75 Å². The molecule has 1 heterocycles. The van der Waals surface area contributed by atoms with Crippen LogP contribution in [-0.4, -0.2) is 0 Å². The van der Waals surface area contributed by atoms with E-state index in [2.05, 4.69) is 13.8 Å². The van der Waals surface area contributed by atoms with Crippen LogP contribution in [0.1, 0.15) is 23.6 Å². The van der Waals surface area contributed by atoms with Crippen molar-refractivity contribution in [2.75, 3.05) is 0 Å².